The summed E-state index contributed by atoms with van der Waals surface area (Å²) in [6.07, 6.45) is 3.55. The molecule has 2 rings (SSSR count). The monoisotopic (exact) mass is 334 g/mol. The van der Waals surface area contributed by atoms with Crippen LogP contribution in [0, 0.1) is 5.41 Å². The molecule has 1 aliphatic heterocycles. The second-order valence-corrected chi connectivity index (χ2v) is 6.93. The molecule has 4 N–H and O–H groups in total. The topological polar surface area (TPSA) is 90.0 Å². The van der Waals surface area contributed by atoms with Crippen molar-refractivity contribution < 1.29 is 5.11 Å². The van der Waals surface area contributed by atoms with Crippen molar-refractivity contribution in [2.75, 3.05) is 57.7 Å². The second kappa shape index (κ2) is 8.96. The molecule has 0 spiro atoms. The first-order valence-corrected chi connectivity index (χ1v) is 8.54. The average Bonchev–Trinajstić information content (AvgIpc) is 2.60. The zero-order valence-electron chi connectivity index (χ0n) is 14.8. The van der Waals surface area contributed by atoms with Gasteiger partial charge in [-0.3, -0.25) is 14.9 Å². The van der Waals surface area contributed by atoms with Crippen LogP contribution in [0.2, 0.25) is 0 Å². The van der Waals surface area contributed by atoms with Crippen molar-refractivity contribution in [1.29, 1.82) is 0 Å². The van der Waals surface area contributed by atoms with Crippen LogP contribution >= 0.6 is 0 Å². The van der Waals surface area contributed by atoms with Crippen LogP contribution in [-0.2, 0) is 0 Å². The van der Waals surface area contributed by atoms with Crippen molar-refractivity contribution in [3.8, 4) is 0 Å². The minimum absolute atomic E-state index is 0.0272. The van der Waals surface area contributed by atoms with Crippen LogP contribution in [0.4, 0.5) is 5.69 Å². The summed E-state index contributed by atoms with van der Waals surface area (Å²) < 4.78 is 0. The van der Waals surface area contributed by atoms with Crippen molar-refractivity contribution >= 4 is 11.6 Å². The van der Waals surface area contributed by atoms with Crippen LogP contribution in [0.15, 0.2) is 29.5 Å². The fourth-order valence-electron chi connectivity index (χ4n) is 2.46. The predicted molar refractivity (Wildman–Crippen MR) is 98.1 cm³/mol. The molecule has 0 radical (unpaired) electrons. The second-order valence-electron chi connectivity index (χ2n) is 6.93. The first-order valence-electron chi connectivity index (χ1n) is 8.54. The number of β-amino-alcohol motifs (C(OH)–C–C–N with tert-alkyl or cyclic N) is 1. The van der Waals surface area contributed by atoms with Gasteiger partial charge in [0.15, 0.2) is 5.96 Å². The van der Waals surface area contributed by atoms with Crippen LogP contribution in [0.1, 0.15) is 13.8 Å². The van der Waals surface area contributed by atoms with Crippen LogP contribution in [0.3, 0.4) is 0 Å². The van der Waals surface area contributed by atoms with Gasteiger partial charge < -0.3 is 21.1 Å². The lowest BCUT2D eigenvalue weighted by Gasteiger charge is -2.36. The first kappa shape index (κ1) is 18.6. The van der Waals surface area contributed by atoms with E-state index in [1.807, 2.05) is 12.1 Å². The van der Waals surface area contributed by atoms with E-state index in [1.54, 1.807) is 12.4 Å². The summed E-state index contributed by atoms with van der Waals surface area (Å²) in [6.45, 7) is 10.1. The number of hydrogen-bond donors (Lipinski definition) is 3. The van der Waals surface area contributed by atoms with Crippen molar-refractivity contribution in [2.24, 2.45) is 16.1 Å². The summed E-state index contributed by atoms with van der Waals surface area (Å²) in [7, 11) is 0. The SMILES string of the molecule is CC(C)(CN)CN=C(Nc1cccnc1)N1CCN(CCO)CC1. The number of nitrogens with one attached hydrogen (secondary N) is 1. The number of pyridine rings is 1. The molecule has 0 aromatic carbocycles. The maximum Gasteiger partial charge on any atom is 0.198 e. The Morgan fingerprint density at radius 1 is 1.38 bits per heavy atom. The lowest BCUT2D eigenvalue weighted by atomic mass is 9.94. The fraction of sp³-hybridized carbons (Fsp3) is 0.647. The number of aliphatic hydroxyl groups excluding tert-OH is 1. The quantitative estimate of drug-likeness (QED) is 0.517. The van der Waals surface area contributed by atoms with Crippen molar-refractivity contribution in [1.82, 2.24) is 14.8 Å². The van der Waals surface area contributed by atoms with E-state index in [2.05, 4.69) is 33.9 Å². The van der Waals surface area contributed by atoms with Gasteiger partial charge in [-0.15, -0.1) is 0 Å². The number of hydrogen-bond acceptors (Lipinski definition) is 5. The van der Waals surface area contributed by atoms with E-state index in [9.17, 15) is 0 Å². The standard InChI is InChI=1S/C17H30N6O/c1-17(2,13-18)14-20-16(21-15-4-3-5-19-12-15)23-8-6-22(7-9-23)10-11-24/h3-5,12,24H,6-11,13-14,18H2,1-2H3,(H,20,21). The molecule has 2 heterocycles. The molecule has 7 heteroatoms. The number of aliphatic hydroxyl groups is 1. The number of nitrogens with zero attached hydrogens (tertiary/aromatic N) is 4. The third-order valence-corrected chi connectivity index (χ3v) is 4.22. The third-order valence-electron chi connectivity index (χ3n) is 4.22. The smallest absolute Gasteiger partial charge is 0.198 e. The Hall–Kier alpha value is -1.70. The number of aliphatic imine (C=N–C) groups is 1. The van der Waals surface area contributed by atoms with Crippen molar-refractivity contribution in [2.45, 2.75) is 13.8 Å². The molecule has 0 amide bonds. The highest BCUT2D eigenvalue weighted by Gasteiger charge is 2.21. The van der Waals surface area contributed by atoms with Crippen LogP contribution in [0.5, 0.6) is 0 Å². The molecule has 1 aliphatic rings. The van der Waals surface area contributed by atoms with Gasteiger partial charge in [0.25, 0.3) is 0 Å². The molecule has 7 nitrogen and oxygen atoms in total. The first-order chi connectivity index (χ1) is 11.5. The Bertz CT molecular complexity index is 511. The van der Waals surface area contributed by atoms with Gasteiger partial charge in [0, 0.05) is 45.5 Å². The van der Waals surface area contributed by atoms with E-state index < -0.39 is 0 Å². The lowest BCUT2D eigenvalue weighted by Crippen LogP contribution is -2.51. The van der Waals surface area contributed by atoms with Gasteiger partial charge in [-0.2, -0.15) is 0 Å². The molecule has 0 aliphatic carbocycles. The number of aromatic nitrogens is 1. The van der Waals surface area contributed by atoms with Gasteiger partial charge in [-0.05, 0) is 24.1 Å². The number of anilines is 1. The minimum atomic E-state index is -0.0272. The van der Waals surface area contributed by atoms with Gasteiger partial charge >= 0.3 is 0 Å². The largest absolute Gasteiger partial charge is 0.395 e. The molecule has 1 aromatic rings. The summed E-state index contributed by atoms with van der Waals surface area (Å²) in [5, 5.41) is 12.5. The zero-order chi connectivity index (χ0) is 17.4. The third kappa shape index (κ3) is 5.74. The average molecular weight is 334 g/mol. The number of nitrogens with two attached hydrogens (primary N) is 1. The van der Waals surface area contributed by atoms with Crippen LogP contribution in [-0.4, -0.2) is 78.3 Å². The van der Waals surface area contributed by atoms with E-state index >= 15 is 0 Å². The summed E-state index contributed by atoms with van der Waals surface area (Å²) in [6, 6.07) is 3.89. The predicted octanol–water partition coefficient (Wildman–Crippen LogP) is 0.444. The number of piperazine rings is 1. The molecule has 0 saturated carbocycles. The Balaban J connectivity index is 2.06. The molecule has 0 atom stereocenters. The molecular formula is C17H30N6O. The highest BCUT2D eigenvalue weighted by molar-refractivity contribution is 5.93. The summed E-state index contributed by atoms with van der Waals surface area (Å²) >= 11 is 0. The van der Waals surface area contributed by atoms with Gasteiger partial charge in [0.1, 0.15) is 0 Å². The Morgan fingerprint density at radius 2 is 2.12 bits per heavy atom. The molecule has 0 unspecified atom stereocenters. The van der Waals surface area contributed by atoms with E-state index in [0.29, 0.717) is 13.1 Å². The zero-order valence-corrected chi connectivity index (χ0v) is 14.8. The van der Waals surface area contributed by atoms with Crippen molar-refractivity contribution in [3.05, 3.63) is 24.5 Å². The number of rotatable bonds is 6. The Morgan fingerprint density at radius 3 is 2.71 bits per heavy atom. The van der Waals surface area contributed by atoms with Crippen molar-refractivity contribution in [3.63, 3.8) is 0 Å². The number of guanidine groups is 1. The van der Waals surface area contributed by atoms with Crippen LogP contribution < -0.4 is 11.1 Å². The van der Waals surface area contributed by atoms with E-state index in [-0.39, 0.29) is 12.0 Å². The molecule has 1 saturated heterocycles. The molecule has 1 fully saturated rings. The fourth-order valence-corrected chi connectivity index (χ4v) is 2.46. The maximum atomic E-state index is 9.08. The molecule has 24 heavy (non-hydrogen) atoms. The van der Waals surface area contributed by atoms with Gasteiger partial charge in [0.2, 0.25) is 0 Å². The highest BCUT2D eigenvalue weighted by Crippen LogP contribution is 2.14. The lowest BCUT2D eigenvalue weighted by molar-refractivity contribution is 0.147. The summed E-state index contributed by atoms with van der Waals surface area (Å²) in [5.74, 6) is 0.869. The van der Waals surface area contributed by atoms with Gasteiger partial charge in [-0.1, -0.05) is 13.8 Å². The molecular weight excluding hydrogens is 304 g/mol. The molecule has 1 aromatic heterocycles. The summed E-state index contributed by atoms with van der Waals surface area (Å²) in [4.78, 5) is 13.5. The summed E-state index contributed by atoms with van der Waals surface area (Å²) in [5.41, 5.74) is 6.73. The van der Waals surface area contributed by atoms with E-state index in [1.165, 1.54) is 0 Å². The normalized spacial score (nSPS) is 17.2. The van der Waals surface area contributed by atoms with Gasteiger partial charge in [-0.25, -0.2) is 0 Å². The molecule has 0 bridgehead atoms. The van der Waals surface area contributed by atoms with Crippen LogP contribution in [0.25, 0.3) is 0 Å². The Kier molecular flexibility index (Phi) is 6.96. The van der Waals surface area contributed by atoms with E-state index in [4.69, 9.17) is 15.8 Å². The Labute approximate surface area is 144 Å². The van der Waals surface area contributed by atoms with Gasteiger partial charge in [0.05, 0.1) is 18.5 Å². The van der Waals surface area contributed by atoms with E-state index in [0.717, 1.165) is 44.4 Å². The molecule has 134 valence electrons. The minimum Gasteiger partial charge on any atom is -0.395 e. The maximum absolute atomic E-state index is 9.08. The highest BCUT2D eigenvalue weighted by atomic mass is 16.3.